The van der Waals surface area contributed by atoms with Gasteiger partial charge in [0.2, 0.25) is 5.91 Å². The summed E-state index contributed by atoms with van der Waals surface area (Å²) in [6, 6.07) is 13.9. The number of rotatable bonds is 6. The van der Waals surface area contributed by atoms with Gasteiger partial charge in [0.1, 0.15) is 0 Å². The summed E-state index contributed by atoms with van der Waals surface area (Å²) in [5.74, 6) is 1.04. The Morgan fingerprint density at radius 3 is 2.67 bits per heavy atom. The second-order valence-corrected chi connectivity index (χ2v) is 8.02. The molecule has 0 bridgehead atoms. The third-order valence-corrected chi connectivity index (χ3v) is 5.69. The van der Waals surface area contributed by atoms with E-state index in [9.17, 15) is 4.79 Å². The second kappa shape index (κ2) is 8.71. The molecule has 0 aliphatic carbocycles. The average Bonchev–Trinajstić information content (AvgIpc) is 3.06. The summed E-state index contributed by atoms with van der Waals surface area (Å²) in [7, 11) is 0. The number of aryl methyl sites for hydroxylation is 2. The van der Waals surface area contributed by atoms with Crippen LogP contribution in [0.2, 0.25) is 0 Å². The van der Waals surface area contributed by atoms with Crippen LogP contribution in [-0.4, -0.2) is 26.4 Å². The van der Waals surface area contributed by atoms with Gasteiger partial charge in [0.05, 0.1) is 5.75 Å². The van der Waals surface area contributed by atoms with Crippen LogP contribution in [0.1, 0.15) is 18.1 Å². The Hall–Kier alpha value is -2.12. The van der Waals surface area contributed by atoms with E-state index in [4.69, 9.17) is 0 Å². The average molecular weight is 445 g/mol. The second-order valence-electron chi connectivity index (χ2n) is 6.16. The monoisotopic (exact) mass is 444 g/mol. The molecule has 0 aliphatic rings. The number of carbonyl (C=O) groups excluding carboxylic acids is 1. The van der Waals surface area contributed by atoms with Crippen LogP contribution in [0.3, 0.4) is 0 Å². The molecular formula is C20H21BrN4OS. The Balaban J connectivity index is 1.72. The van der Waals surface area contributed by atoms with Crippen LogP contribution in [-0.2, 0) is 11.3 Å². The van der Waals surface area contributed by atoms with Crippen molar-refractivity contribution in [2.45, 2.75) is 32.5 Å². The predicted molar refractivity (Wildman–Crippen MR) is 114 cm³/mol. The molecule has 3 rings (SSSR count). The number of carbonyl (C=O) groups is 1. The van der Waals surface area contributed by atoms with Crippen LogP contribution >= 0.6 is 27.7 Å². The lowest BCUT2D eigenvalue weighted by Gasteiger charge is -2.10. The first-order valence-corrected chi connectivity index (χ1v) is 10.5. The van der Waals surface area contributed by atoms with Gasteiger partial charge in [-0.05, 0) is 44.0 Å². The molecule has 140 valence electrons. The molecule has 0 spiro atoms. The number of aromatic nitrogens is 3. The number of benzene rings is 2. The molecule has 1 amide bonds. The summed E-state index contributed by atoms with van der Waals surface area (Å²) in [6.07, 6.45) is 0. The molecule has 0 radical (unpaired) electrons. The van der Waals surface area contributed by atoms with E-state index < -0.39 is 0 Å². The van der Waals surface area contributed by atoms with Crippen molar-refractivity contribution >= 4 is 39.3 Å². The maximum atomic E-state index is 12.4. The van der Waals surface area contributed by atoms with Crippen molar-refractivity contribution in [2.75, 3.05) is 11.1 Å². The number of halogens is 1. The molecule has 1 heterocycles. The van der Waals surface area contributed by atoms with Crippen LogP contribution in [0.4, 0.5) is 5.69 Å². The van der Waals surface area contributed by atoms with E-state index in [1.807, 2.05) is 47.9 Å². The molecule has 2 aromatic carbocycles. The number of amides is 1. The fourth-order valence-corrected chi connectivity index (χ4v) is 3.91. The van der Waals surface area contributed by atoms with Crippen molar-refractivity contribution in [3.05, 3.63) is 58.1 Å². The minimum absolute atomic E-state index is 0.0655. The van der Waals surface area contributed by atoms with E-state index in [1.54, 1.807) is 0 Å². The van der Waals surface area contributed by atoms with E-state index in [2.05, 4.69) is 51.4 Å². The highest BCUT2D eigenvalue weighted by molar-refractivity contribution is 9.10. The third-order valence-electron chi connectivity index (χ3n) is 4.23. The van der Waals surface area contributed by atoms with Gasteiger partial charge in [0, 0.05) is 22.3 Å². The maximum absolute atomic E-state index is 12.4. The van der Waals surface area contributed by atoms with Crippen molar-refractivity contribution in [1.82, 2.24) is 14.8 Å². The van der Waals surface area contributed by atoms with Gasteiger partial charge in [-0.15, -0.1) is 10.2 Å². The highest BCUT2D eigenvalue weighted by Crippen LogP contribution is 2.26. The van der Waals surface area contributed by atoms with Gasteiger partial charge in [-0.1, -0.05) is 58.0 Å². The Morgan fingerprint density at radius 2 is 1.93 bits per heavy atom. The van der Waals surface area contributed by atoms with Gasteiger partial charge in [0.25, 0.3) is 0 Å². The first-order chi connectivity index (χ1) is 13.0. The topological polar surface area (TPSA) is 59.8 Å². The van der Waals surface area contributed by atoms with E-state index in [-0.39, 0.29) is 11.7 Å². The van der Waals surface area contributed by atoms with Gasteiger partial charge in [-0.25, -0.2) is 0 Å². The van der Waals surface area contributed by atoms with Crippen molar-refractivity contribution in [3.63, 3.8) is 0 Å². The maximum Gasteiger partial charge on any atom is 0.234 e. The lowest BCUT2D eigenvalue weighted by atomic mass is 10.1. The van der Waals surface area contributed by atoms with Gasteiger partial charge >= 0.3 is 0 Å². The first kappa shape index (κ1) is 19.6. The van der Waals surface area contributed by atoms with Gasteiger partial charge in [0.15, 0.2) is 11.0 Å². The molecule has 1 aromatic heterocycles. The lowest BCUT2D eigenvalue weighted by molar-refractivity contribution is -0.113. The summed E-state index contributed by atoms with van der Waals surface area (Å²) in [5, 5.41) is 12.4. The third kappa shape index (κ3) is 4.59. The minimum atomic E-state index is -0.0655. The van der Waals surface area contributed by atoms with Gasteiger partial charge in [-0.2, -0.15) is 0 Å². The van der Waals surface area contributed by atoms with Gasteiger partial charge in [-0.3, -0.25) is 4.79 Å². The zero-order valence-electron chi connectivity index (χ0n) is 15.5. The fraction of sp³-hybridized carbons (Fsp3) is 0.250. The SMILES string of the molecule is CCn1c(SCC(=O)Nc2cc(Br)ccc2C)nnc1-c1ccccc1C. The highest BCUT2D eigenvalue weighted by atomic mass is 79.9. The smallest absolute Gasteiger partial charge is 0.234 e. The number of anilines is 1. The van der Waals surface area contributed by atoms with Gasteiger partial charge < -0.3 is 9.88 Å². The van der Waals surface area contributed by atoms with Crippen LogP contribution in [0.15, 0.2) is 52.1 Å². The van der Waals surface area contributed by atoms with Crippen LogP contribution in [0, 0.1) is 13.8 Å². The summed E-state index contributed by atoms with van der Waals surface area (Å²) in [6.45, 7) is 6.83. The van der Waals surface area contributed by atoms with Crippen LogP contribution in [0.25, 0.3) is 11.4 Å². The van der Waals surface area contributed by atoms with Crippen LogP contribution < -0.4 is 5.32 Å². The Labute approximate surface area is 171 Å². The summed E-state index contributed by atoms with van der Waals surface area (Å²) >= 11 is 4.83. The molecule has 0 fully saturated rings. The minimum Gasteiger partial charge on any atom is -0.325 e. The Kier molecular flexibility index (Phi) is 6.34. The van der Waals surface area contributed by atoms with E-state index in [0.29, 0.717) is 0 Å². The molecule has 0 unspecified atom stereocenters. The summed E-state index contributed by atoms with van der Waals surface area (Å²) < 4.78 is 2.98. The number of hydrogen-bond acceptors (Lipinski definition) is 4. The molecule has 3 aromatic rings. The van der Waals surface area contributed by atoms with Crippen LogP contribution in [0.5, 0.6) is 0 Å². The van der Waals surface area contributed by atoms with E-state index >= 15 is 0 Å². The standard InChI is InChI=1S/C20H21BrN4OS/c1-4-25-19(16-8-6-5-7-13(16)2)23-24-20(25)27-12-18(26)22-17-11-15(21)10-9-14(17)3/h5-11H,4,12H2,1-3H3,(H,22,26). The quantitative estimate of drug-likeness (QED) is 0.538. The molecule has 0 aliphatic heterocycles. The zero-order chi connectivity index (χ0) is 19.4. The largest absolute Gasteiger partial charge is 0.325 e. The number of nitrogens with zero attached hydrogens (tertiary/aromatic N) is 3. The molecule has 0 saturated carbocycles. The van der Waals surface area contributed by atoms with E-state index in [0.717, 1.165) is 44.4 Å². The fourth-order valence-electron chi connectivity index (χ4n) is 2.75. The van der Waals surface area contributed by atoms with Crippen molar-refractivity contribution < 1.29 is 4.79 Å². The Bertz CT molecular complexity index is 970. The summed E-state index contributed by atoms with van der Waals surface area (Å²) in [5.41, 5.74) is 4.05. The number of thioether (sulfide) groups is 1. The number of nitrogens with one attached hydrogen (secondary N) is 1. The van der Waals surface area contributed by atoms with Crippen molar-refractivity contribution in [3.8, 4) is 11.4 Å². The molecule has 5 nitrogen and oxygen atoms in total. The first-order valence-electron chi connectivity index (χ1n) is 8.67. The molecule has 7 heteroatoms. The van der Waals surface area contributed by atoms with Crippen molar-refractivity contribution in [2.24, 2.45) is 0 Å². The Morgan fingerprint density at radius 1 is 1.15 bits per heavy atom. The lowest BCUT2D eigenvalue weighted by Crippen LogP contribution is -2.15. The number of hydrogen-bond donors (Lipinski definition) is 1. The normalized spacial score (nSPS) is 10.8. The van der Waals surface area contributed by atoms with E-state index in [1.165, 1.54) is 11.8 Å². The summed E-state index contributed by atoms with van der Waals surface area (Å²) in [4.78, 5) is 12.4. The molecule has 0 saturated heterocycles. The van der Waals surface area contributed by atoms with Crippen molar-refractivity contribution in [1.29, 1.82) is 0 Å². The molecular weight excluding hydrogens is 424 g/mol. The highest BCUT2D eigenvalue weighted by Gasteiger charge is 2.16. The predicted octanol–water partition coefficient (Wildman–Crippen LogP) is 5.08. The molecule has 27 heavy (non-hydrogen) atoms. The molecule has 1 N–H and O–H groups in total. The molecule has 0 atom stereocenters. The zero-order valence-corrected chi connectivity index (χ0v) is 17.9.